The number of carbonyl (C=O) groups excluding carboxylic acids is 1. The summed E-state index contributed by atoms with van der Waals surface area (Å²) in [6.07, 6.45) is 6.90. The van der Waals surface area contributed by atoms with Crippen molar-refractivity contribution < 1.29 is 4.79 Å². The molecule has 34 heavy (non-hydrogen) atoms. The summed E-state index contributed by atoms with van der Waals surface area (Å²) in [4.78, 5) is 24.2. The number of nitrogens with zero attached hydrogens (tertiary/aromatic N) is 3. The van der Waals surface area contributed by atoms with E-state index in [0.717, 1.165) is 28.4 Å². The number of hydrogen-bond donors (Lipinski definition) is 1. The van der Waals surface area contributed by atoms with Crippen molar-refractivity contribution >= 4 is 45.5 Å². The van der Waals surface area contributed by atoms with Gasteiger partial charge in [-0.25, -0.2) is 4.99 Å². The minimum atomic E-state index is 0.00877. The SMILES string of the molecule is Cc1cc(/C=C2/SC(=Nc3ccccc3)N(CCc3c[nH]c4ccccc34)C2=O)cn1C(C)C. The van der Waals surface area contributed by atoms with E-state index in [0.29, 0.717) is 17.5 Å². The fourth-order valence-electron chi connectivity index (χ4n) is 4.37. The van der Waals surface area contributed by atoms with Crippen LogP contribution in [0, 0.1) is 6.92 Å². The van der Waals surface area contributed by atoms with Crippen LogP contribution in [0.5, 0.6) is 0 Å². The average molecular weight is 469 g/mol. The lowest BCUT2D eigenvalue weighted by Gasteiger charge is -2.15. The minimum Gasteiger partial charge on any atom is -0.361 e. The van der Waals surface area contributed by atoms with Crippen molar-refractivity contribution in [2.24, 2.45) is 4.99 Å². The second-order valence-electron chi connectivity index (χ2n) is 8.82. The van der Waals surface area contributed by atoms with E-state index in [4.69, 9.17) is 4.99 Å². The normalized spacial score (nSPS) is 16.6. The highest BCUT2D eigenvalue weighted by Crippen LogP contribution is 2.35. The Labute approximate surface area is 204 Å². The van der Waals surface area contributed by atoms with Gasteiger partial charge < -0.3 is 9.55 Å². The Balaban J connectivity index is 1.45. The smallest absolute Gasteiger partial charge is 0.266 e. The van der Waals surface area contributed by atoms with Gasteiger partial charge >= 0.3 is 0 Å². The van der Waals surface area contributed by atoms with Gasteiger partial charge in [-0.2, -0.15) is 0 Å². The zero-order valence-electron chi connectivity index (χ0n) is 19.7. The largest absolute Gasteiger partial charge is 0.361 e. The molecule has 2 aromatic heterocycles. The quantitative estimate of drug-likeness (QED) is 0.320. The number of amidine groups is 1. The van der Waals surface area contributed by atoms with E-state index >= 15 is 0 Å². The Morgan fingerprint density at radius 3 is 2.62 bits per heavy atom. The highest BCUT2D eigenvalue weighted by Gasteiger charge is 2.33. The van der Waals surface area contributed by atoms with Gasteiger partial charge in [0.2, 0.25) is 0 Å². The molecular formula is C28H28N4OS. The molecule has 1 saturated heterocycles. The molecule has 0 radical (unpaired) electrons. The number of amides is 1. The topological polar surface area (TPSA) is 53.4 Å². The summed E-state index contributed by atoms with van der Waals surface area (Å²) in [5, 5.41) is 1.92. The summed E-state index contributed by atoms with van der Waals surface area (Å²) in [7, 11) is 0. The van der Waals surface area contributed by atoms with Gasteiger partial charge in [0.15, 0.2) is 5.17 Å². The predicted octanol–water partition coefficient (Wildman–Crippen LogP) is 6.71. The van der Waals surface area contributed by atoms with Crippen LogP contribution in [0.4, 0.5) is 5.69 Å². The first-order valence-electron chi connectivity index (χ1n) is 11.6. The summed E-state index contributed by atoms with van der Waals surface area (Å²) in [6, 6.07) is 20.6. The fourth-order valence-corrected chi connectivity index (χ4v) is 5.40. The number of aliphatic imine (C=N–C) groups is 1. The molecule has 3 heterocycles. The molecule has 5 nitrogen and oxygen atoms in total. The number of aromatic nitrogens is 2. The number of rotatable bonds is 6. The van der Waals surface area contributed by atoms with Crippen molar-refractivity contribution in [2.75, 3.05) is 6.54 Å². The maximum absolute atomic E-state index is 13.5. The molecular weight excluding hydrogens is 440 g/mol. The Kier molecular flexibility index (Phi) is 6.16. The van der Waals surface area contributed by atoms with Crippen LogP contribution in [0.2, 0.25) is 0 Å². The van der Waals surface area contributed by atoms with E-state index in [1.165, 1.54) is 28.4 Å². The van der Waals surface area contributed by atoms with Crippen LogP contribution in [0.1, 0.15) is 36.7 Å². The Morgan fingerprint density at radius 2 is 1.85 bits per heavy atom. The molecule has 2 aromatic carbocycles. The molecule has 172 valence electrons. The number of carbonyl (C=O) groups is 1. The Bertz CT molecular complexity index is 1390. The first-order valence-corrected chi connectivity index (χ1v) is 12.4. The molecule has 0 unspecified atom stereocenters. The van der Waals surface area contributed by atoms with Gasteiger partial charge in [0.1, 0.15) is 0 Å². The van der Waals surface area contributed by atoms with Gasteiger partial charge in [0.25, 0.3) is 5.91 Å². The third kappa shape index (κ3) is 4.46. The first-order chi connectivity index (χ1) is 16.5. The fraction of sp³-hybridized carbons (Fsp3) is 0.214. The second-order valence-corrected chi connectivity index (χ2v) is 9.83. The number of aryl methyl sites for hydroxylation is 1. The number of aromatic amines is 1. The predicted molar refractivity (Wildman–Crippen MR) is 142 cm³/mol. The van der Waals surface area contributed by atoms with Crippen LogP contribution in [0.25, 0.3) is 17.0 Å². The molecule has 0 spiro atoms. The molecule has 6 heteroatoms. The summed E-state index contributed by atoms with van der Waals surface area (Å²) < 4.78 is 2.23. The molecule has 1 amide bonds. The van der Waals surface area contributed by atoms with Crippen molar-refractivity contribution in [1.29, 1.82) is 0 Å². The average Bonchev–Trinajstić information content (AvgIpc) is 3.49. The van der Waals surface area contributed by atoms with Crippen LogP contribution in [0.15, 0.2) is 83.0 Å². The van der Waals surface area contributed by atoms with Crippen LogP contribution >= 0.6 is 11.8 Å². The van der Waals surface area contributed by atoms with E-state index in [-0.39, 0.29) is 5.91 Å². The van der Waals surface area contributed by atoms with Crippen LogP contribution < -0.4 is 0 Å². The maximum atomic E-state index is 13.5. The lowest BCUT2D eigenvalue weighted by atomic mass is 10.1. The lowest BCUT2D eigenvalue weighted by molar-refractivity contribution is -0.122. The monoisotopic (exact) mass is 468 g/mol. The molecule has 0 atom stereocenters. The summed E-state index contributed by atoms with van der Waals surface area (Å²) in [6.45, 7) is 7.00. The van der Waals surface area contributed by atoms with E-state index in [9.17, 15) is 4.79 Å². The number of H-pyrrole nitrogens is 1. The summed E-state index contributed by atoms with van der Waals surface area (Å²) in [5.74, 6) is 0.00877. The molecule has 1 fully saturated rings. The van der Waals surface area contributed by atoms with Crippen LogP contribution in [-0.2, 0) is 11.2 Å². The molecule has 1 aliphatic rings. The van der Waals surface area contributed by atoms with E-state index in [1.807, 2.05) is 59.6 Å². The Hall–Kier alpha value is -3.51. The highest BCUT2D eigenvalue weighted by atomic mass is 32.2. The van der Waals surface area contributed by atoms with Gasteiger partial charge in [0.05, 0.1) is 10.6 Å². The highest BCUT2D eigenvalue weighted by molar-refractivity contribution is 8.18. The van der Waals surface area contributed by atoms with Gasteiger partial charge in [-0.15, -0.1) is 0 Å². The lowest BCUT2D eigenvalue weighted by Crippen LogP contribution is -2.31. The number of benzene rings is 2. The van der Waals surface area contributed by atoms with Crippen molar-refractivity contribution in [2.45, 2.75) is 33.2 Å². The van der Waals surface area contributed by atoms with E-state index in [2.05, 4.69) is 54.7 Å². The summed E-state index contributed by atoms with van der Waals surface area (Å²) in [5.41, 5.74) is 5.39. The standard InChI is InChI=1S/C28H28N4OS/c1-19(2)32-18-21(15-20(32)3)16-26-27(33)31(28(34-26)30-23-9-5-4-6-10-23)14-13-22-17-29-25-12-8-7-11-24(22)25/h4-12,15-19,29H,13-14H2,1-3H3/b26-16+,30-28?. The number of thioether (sulfide) groups is 1. The van der Waals surface area contributed by atoms with E-state index in [1.54, 1.807) is 0 Å². The molecule has 4 aromatic rings. The zero-order chi connectivity index (χ0) is 23.7. The second kappa shape index (κ2) is 9.39. The third-order valence-corrected chi connectivity index (χ3v) is 7.08. The van der Waals surface area contributed by atoms with Gasteiger partial charge in [-0.3, -0.25) is 9.69 Å². The van der Waals surface area contributed by atoms with Crippen molar-refractivity contribution in [3.63, 3.8) is 0 Å². The van der Waals surface area contributed by atoms with Gasteiger partial charge in [0, 0.05) is 41.6 Å². The van der Waals surface area contributed by atoms with Gasteiger partial charge in [-0.1, -0.05) is 36.4 Å². The zero-order valence-corrected chi connectivity index (χ0v) is 20.5. The maximum Gasteiger partial charge on any atom is 0.266 e. The van der Waals surface area contributed by atoms with Crippen molar-refractivity contribution in [1.82, 2.24) is 14.5 Å². The van der Waals surface area contributed by atoms with Crippen molar-refractivity contribution in [3.8, 4) is 0 Å². The molecule has 1 aliphatic heterocycles. The number of fused-ring (bicyclic) bond motifs is 1. The third-order valence-electron chi connectivity index (χ3n) is 6.07. The first kappa shape index (κ1) is 22.3. The number of para-hydroxylation sites is 2. The van der Waals surface area contributed by atoms with E-state index < -0.39 is 0 Å². The van der Waals surface area contributed by atoms with Crippen LogP contribution in [-0.4, -0.2) is 32.1 Å². The molecule has 0 bridgehead atoms. The molecule has 0 aliphatic carbocycles. The minimum absolute atomic E-state index is 0.00877. The summed E-state index contributed by atoms with van der Waals surface area (Å²) >= 11 is 1.45. The number of hydrogen-bond acceptors (Lipinski definition) is 3. The molecule has 5 rings (SSSR count). The molecule has 0 saturated carbocycles. The number of nitrogens with one attached hydrogen (secondary N) is 1. The van der Waals surface area contributed by atoms with Gasteiger partial charge in [-0.05, 0) is 80.4 Å². The van der Waals surface area contributed by atoms with Crippen molar-refractivity contribution in [3.05, 3.63) is 94.8 Å². The van der Waals surface area contributed by atoms with Crippen LogP contribution in [0.3, 0.4) is 0 Å². The molecule has 1 N–H and O–H groups in total. The Morgan fingerprint density at radius 1 is 1.09 bits per heavy atom.